The van der Waals surface area contributed by atoms with Gasteiger partial charge in [-0.05, 0) is 57.5 Å². The summed E-state index contributed by atoms with van der Waals surface area (Å²) in [5.74, 6) is -0.152. The third-order valence-corrected chi connectivity index (χ3v) is 6.14. The Morgan fingerprint density at radius 2 is 1.93 bits per heavy atom. The van der Waals surface area contributed by atoms with Crippen molar-refractivity contribution >= 4 is 34.8 Å². The molecule has 1 aromatic heterocycles. The van der Waals surface area contributed by atoms with E-state index >= 15 is 0 Å². The number of halogens is 2. The molecule has 1 fully saturated rings. The summed E-state index contributed by atoms with van der Waals surface area (Å²) in [6.45, 7) is 6.93. The van der Waals surface area contributed by atoms with E-state index in [1.807, 2.05) is 6.07 Å². The highest BCUT2D eigenvalue weighted by atomic mass is 35.5. The fourth-order valence-corrected chi connectivity index (χ4v) is 4.07. The molecule has 3 rings (SSSR count). The second-order valence-corrected chi connectivity index (χ2v) is 8.36. The van der Waals surface area contributed by atoms with Gasteiger partial charge in [0.05, 0.1) is 15.0 Å². The number of amides is 1. The number of likely N-dealkylation sites (tertiary alicyclic amines) is 1. The van der Waals surface area contributed by atoms with Gasteiger partial charge in [-0.1, -0.05) is 29.3 Å². The van der Waals surface area contributed by atoms with Crippen LogP contribution in [0.2, 0.25) is 10.0 Å². The Kier molecular flexibility index (Phi) is 7.33. The summed E-state index contributed by atoms with van der Waals surface area (Å²) < 4.78 is 1.41. The van der Waals surface area contributed by atoms with Crippen LogP contribution in [0, 0.1) is 24.0 Å². The number of hydrogen-bond donors (Lipinski definition) is 0. The van der Waals surface area contributed by atoms with Gasteiger partial charge in [-0.25, -0.2) is 0 Å². The quantitative estimate of drug-likeness (QED) is 0.447. The molecule has 0 saturated carbocycles. The minimum Gasteiger partial charge on any atom is -0.335 e. The van der Waals surface area contributed by atoms with Crippen molar-refractivity contribution in [1.82, 2.24) is 19.6 Å². The van der Waals surface area contributed by atoms with E-state index in [2.05, 4.69) is 10.00 Å². The summed E-state index contributed by atoms with van der Waals surface area (Å²) in [6, 6.07) is 5.32. The van der Waals surface area contributed by atoms with Gasteiger partial charge in [0.15, 0.2) is 0 Å². The zero-order chi connectivity index (χ0) is 21.8. The van der Waals surface area contributed by atoms with Crippen molar-refractivity contribution in [2.45, 2.75) is 39.8 Å². The van der Waals surface area contributed by atoms with Crippen LogP contribution in [-0.4, -0.2) is 56.6 Å². The number of aromatic nitrogens is 2. The Balaban J connectivity index is 1.77. The van der Waals surface area contributed by atoms with Gasteiger partial charge >= 0.3 is 5.69 Å². The first-order chi connectivity index (χ1) is 14.3. The van der Waals surface area contributed by atoms with Crippen molar-refractivity contribution in [3.05, 3.63) is 55.3 Å². The van der Waals surface area contributed by atoms with E-state index in [0.29, 0.717) is 34.5 Å². The van der Waals surface area contributed by atoms with Gasteiger partial charge in [-0.15, -0.1) is 0 Å². The van der Waals surface area contributed by atoms with E-state index in [-0.39, 0.29) is 18.1 Å². The second-order valence-electron chi connectivity index (χ2n) is 7.55. The molecule has 1 amide bonds. The molecule has 0 atom stereocenters. The van der Waals surface area contributed by atoms with Gasteiger partial charge in [-0.3, -0.25) is 19.6 Å². The van der Waals surface area contributed by atoms with E-state index in [4.69, 9.17) is 23.2 Å². The predicted octanol–water partition coefficient (Wildman–Crippen LogP) is 3.84. The summed E-state index contributed by atoms with van der Waals surface area (Å²) in [5.41, 5.74) is 1.51. The zero-order valence-corrected chi connectivity index (χ0v) is 18.6. The van der Waals surface area contributed by atoms with Crippen LogP contribution in [0.15, 0.2) is 18.2 Å². The number of carbonyl (C=O) groups excluding carboxylic acids is 1. The molecule has 10 heteroatoms. The molecule has 0 unspecified atom stereocenters. The van der Waals surface area contributed by atoms with Crippen LogP contribution in [0.3, 0.4) is 0 Å². The Morgan fingerprint density at radius 1 is 1.23 bits per heavy atom. The molecule has 0 N–H and O–H groups in total. The average Bonchev–Trinajstić information content (AvgIpc) is 3.29. The van der Waals surface area contributed by atoms with E-state index < -0.39 is 4.92 Å². The molecule has 1 aliphatic rings. The first kappa shape index (κ1) is 22.5. The molecule has 30 heavy (non-hydrogen) atoms. The molecule has 0 spiro atoms. The van der Waals surface area contributed by atoms with Crippen LogP contribution >= 0.6 is 23.2 Å². The van der Waals surface area contributed by atoms with E-state index in [1.165, 1.54) is 17.5 Å². The minimum atomic E-state index is -0.459. The van der Waals surface area contributed by atoms with Gasteiger partial charge in [-0.2, -0.15) is 5.10 Å². The predicted molar refractivity (Wildman–Crippen MR) is 116 cm³/mol. The molecule has 2 heterocycles. The lowest BCUT2D eigenvalue weighted by Gasteiger charge is -2.26. The fraction of sp³-hybridized carbons (Fsp3) is 0.500. The van der Waals surface area contributed by atoms with Crippen molar-refractivity contribution in [2.75, 3.05) is 26.2 Å². The summed E-state index contributed by atoms with van der Waals surface area (Å²) in [6.07, 6.45) is 2.35. The summed E-state index contributed by atoms with van der Waals surface area (Å²) in [5, 5.41) is 16.4. The smallest absolute Gasteiger partial charge is 0.312 e. The van der Waals surface area contributed by atoms with Crippen LogP contribution in [0.5, 0.6) is 0 Å². The van der Waals surface area contributed by atoms with Crippen molar-refractivity contribution in [1.29, 1.82) is 0 Å². The number of aryl methyl sites for hydroxylation is 1. The zero-order valence-electron chi connectivity index (χ0n) is 17.1. The second kappa shape index (κ2) is 9.76. The lowest BCUT2D eigenvalue weighted by atomic mass is 10.2. The first-order valence-corrected chi connectivity index (χ1v) is 10.6. The first-order valence-electron chi connectivity index (χ1n) is 9.88. The Bertz CT molecular complexity index is 941. The Hall–Kier alpha value is -2.16. The van der Waals surface area contributed by atoms with E-state index in [0.717, 1.165) is 25.2 Å². The van der Waals surface area contributed by atoms with Gasteiger partial charge < -0.3 is 9.80 Å². The fourth-order valence-electron chi connectivity index (χ4n) is 3.75. The van der Waals surface area contributed by atoms with Crippen molar-refractivity contribution in [3.8, 4) is 0 Å². The maximum atomic E-state index is 13.1. The van der Waals surface area contributed by atoms with Gasteiger partial charge in [0, 0.05) is 19.6 Å². The number of nitro groups is 1. The highest BCUT2D eigenvalue weighted by Crippen LogP contribution is 2.24. The summed E-state index contributed by atoms with van der Waals surface area (Å²) >= 11 is 12.1. The molecule has 8 nitrogen and oxygen atoms in total. The third kappa shape index (κ3) is 5.30. The maximum Gasteiger partial charge on any atom is 0.312 e. The molecular formula is C20H25Cl2N5O3. The maximum absolute atomic E-state index is 13.1. The van der Waals surface area contributed by atoms with Crippen LogP contribution in [0.1, 0.15) is 29.8 Å². The SMILES string of the molecule is Cc1nn(CC(=O)N(CCN2CCCC2)Cc2ccc(Cl)c(Cl)c2)c(C)c1[N+](=O)[O-]. The number of rotatable bonds is 8. The van der Waals surface area contributed by atoms with Crippen LogP contribution in [0.25, 0.3) is 0 Å². The summed E-state index contributed by atoms with van der Waals surface area (Å²) in [7, 11) is 0. The monoisotopic (exact) mass is 453 g/mol. The molecule has 0 aliphatic carbocycles. The van der Waals surface area contributed by atoms with Gasteiger partial charge in [0.25, 0.3) is 0 Å². The van der Waals surface area contributed by atoms with Gasteiger partial charge in [0.1, 0.15) is 17.9 Å². The van der Waals surface area contributed by atoms with Crippen molar-refractivity contribution < 1.29 is 9.72 Å². The number of nitrogens with zero attached hydrogens (tertiary/aromatic N) is 5. The molecule has 2 aromatic rings. The minimum absolute atomic E-state index is 0.0455. The molecule has 162 valence electrons. The van der Waals surface area contributed by atoms with Crippen LogP contribution in [0.4, 0.5) is 5.69 Å². The van der Waals surface area contributed by atoms with Gasteiger partial charge in [0.2, 0.25) is 5.91 Å². The largest absolute Gasteiger partial charge is 0.335 e. The highest BCUT2D eigenvalue weighted by Gasteiger charge is 2.25. The number of hydrogen-bond acceptors (Lipinski definition) is 5. The van der Waals surface area contributed by atoms with Crippen LogP contribution in [-0.2, 0) is 17.9 Å². The lowest BCUT2D eigenvalue weighted by molar-refractivity contribution is -0.386. The molecule has 0 bridgehead atoms. The third-order valence-electron chi connectivity index (χ3n) is 5.41. The molecule has 1 saturated heterocycles. The topological polar surface area (TPSA) is 84.5 Å². The molecular weight excluding hydrogens is 429 g/mol. The van der Waals surface area contributed by atoms with E-state index in [1.54, 1.807) is 30.9 Å². The summed E-state index contributed by atoms with van der Waals surface area (Å²) in [4.78, 5) is 28.0. The number of carbonyl (C=O) groups is 1. The lowest BCUT2D eigenvalue weighted by Crippen LogP contribution is -2.39. The average molecular weight is 454 g/mol. The number of benzene rings is 1. The molecule has 1 aromatic carbocycles. The Morgan fingerprint density at radius 3 is 2.53 bits per heavy atom. The van der Waals surface area contributed by atoms with E-state index in [9.17, 15) is 14.9 Å². The van der Waals surface area contributed by atoms with Crippen molar-refractivity contribution in [3.63, 3.8) is 0 Å². The normalized spacial score (nSPS) is 14.3. The molecule has 1 aliphatic heterocycles. The standard InChI is InChI=1S/C20H25Cl2N5O3/c1-14-20(27(29)30)15(2)26(23-14)13-19(28)25(10-9-24-7-3-4-8-24)12-16-5-6-17(21)18(22)11-16/h5-6,11H,3-4,7-10,12-13H2,1-2H3. The highest BCUT2D eigenvalue weighted by molar-refractivity contribution is 6.42. The van der Waals surface area contributed by atoms with Crippen molar-refractivity contribution in [2.24, 2.45) is 0 Å². The Labute approximate surface area is 185 Å². The van der Waals surface area contributed by atoms with Crippen LogP contribution < -0.4 is 0 Å². The molecule has 0 radical (unpaired) electrons.